The van der Waals surface area contributed by atoms with Crippen molar-refractivity contribution in [1.82, 2.24) is 14.9 Å². The largest absolute Gasteiger partial charge is 0.352 e. The molecule has 5 nitrogen and oxygen atoms in total. The van der Waals surface area contributed by atoms with Crippen molar-refractivity contribution in [2.24, 2.45) is 5.92 Å². The minimum absolute atomic E-state index is 0.00395. The van der Waals surface area contributed by atoms with Gasteiger partial charge >= 0.3 is 0 Å². The highest BCUT2D eigenvalue weighted by molar-refractivity contribution is 7.18. The number of fused-ring (bicyclic) bond motifs is 1. The minimum Gasteiger partial charge on any atom is -0.352 e. The van der Waals surface area contributed by atoms with Crippen LogP contribution in [0.5, 0.6) is 0 Å². The van der Waals surface area contributed by atoms with Crippen LogP contribution in [-0.4, -0.2) is 21.5 Å². The van der Waals surface area contributed by atoms with Gasteiger partial charge in [0.05, 0.1) is 11.7 Å². The summed E-state index contributed by atoms with van der Waals surface area (Å²) < 4.78 is 1.41. The smallest absolute Gasteiger partial charge is 0.263 e. The minimum atomic E-state index is -0.160. The van der Waals surface area contributed by atoms with Gasteiger partial charge in [0, 0.05) is 21.9 Å². The van der Waals surface area contributed by atoms with Gasteiger partial charge in [0.2, 0.25) is 5.91 Å². The molecule has 0 fully saturated rings. The number of nitrogens with one attached hydrogen (secondary N) is 1. The first-order valence-electron chi connectivity index (χ1n) is 9.25. The monoisotopic (exact) mass is 403 g/mol. The molecule has 27 heavy (non-hydrogen) atoms. The second kappa shape index (κ2) is 8.80. The number of rotatable bonds is 8. The predicted molar refractivity (Wildman–Crippen MR) is 113 cm³/mol. The summed E-state index contributed by atoms with van der Waals surface area (Å²) in [6, 6.07) is 4.06. The molecule has 3 aromatic heterocycles. The summed E-state index contributed by atoms with van der Waals surface area (Å²) in [5, 5.41) is 7.54. The summed E-state index contributed by atoms with van der Waals surface area (Å²) >= 11 is 3.05. The van der Waals surface area contributed by atoms with E-state index in [1.54, 1.807) is 11.3 Å². The van der Waals surface area contributed by atoms with E-state index >= 15 is 0 Å². The van der Waals surface area contributed by atoms with Crippen LogP contribution in [0.4, 0.5) is 0 Å². The third-order valence-electron chi connectivity index (χ3n) is 4.49. The van der Waals surface area contributed by atoms with Crippen molar-refractivity contribution in [2.45, 2.75) is 52.6 Å². The number of carbonyl (C=O) groups is 1. The number of hydrogen-bond donors (Lipinski definition) is 1. The van der Waals surface area contributed by atoms with Crippen molar-refractivity contribution in [2.75, 3.05) is 0 Å². The van der Waals surface area contributed by atoms with Gasteiger partial charge in [0.25, 0.3) is 5.56 Å². The SMILES string of the molecule is CC(C)CCCC(C)NC(=O)Cn1cnc2scc(-c3cccs3)c2c1=O. The number of hydrogen-bond acceptors (Lipinski definition) is 5. The third-order valence-corrected chi connectivity index (χ3v) is 6.28. The van der Waals surface area contributed by atoms with Crippen molar-refractivity contribution in [3.8, 4) is 10.4 Å². The molecule has 0 aliphatic carbocycles. The quantitative estimate of drug-likeness (QED) is 0.601. The Bertz CT molecular complexity index is 957. The first kappa shape index (κ1) is 19.8. The molecule has 1 amide bonds. The van der Waals surface area contributed by atoms with Gasteiger partial charge in [-0.3, -0.25) is 14.2 Å². The molecule has 0 aromatic carbocycles. The Labute approximate surface area is 167 Å². The van der Waals surface area contributed by atoms with Crippen LogP contribution in [0.2, 0.25) is 0 Å². The van der Waals surface area contributed by atoms with Gasteiger partial charge in [0.15, 0.2) is 0 Å². The lowest BCUT2D eigenvalue weighted by molar-refractivity contribution is -0.122. The molecule has 144 valence electrons. The molecule has 0 saturated carbocycles. The van der Waals surface area contributed by atoms with E-state index in [9.17, 15) is 9.59 Å². The zero-order valence-corrected chi connectivity index (χ0v) is 17.5. The van der Waals surface area contributed by atoms with E-state index in [-0.39, 0.29) is 24.1 Å². The maximum absolute atomic E-state index is 12.9. The summed E-state index contributed by atoms with van der Waals surface area (Å²) in [4.78, 5) is 31.4. The number of nitrogens with zero attached hydrogens (tertiary/aromatic N) is 2. The van der Waals surface area contributed by atoms with Crippen LogP contribution in [0.25, 0.3) is 20.7 Å². The predicted octanol–water partition coefficient (Wildman–Crippen LogP) is 4.52. The lowest BCUT2D eigenvalue weighted by atomic mass is 10.0. The van der Waals surface area contributed by atoms with Gasteiger partial charge in [-0.1, -0.05) is 32.8 Å². The van der Waals surface area contributed by atoms with E-state index in [4.69, 9.17) is 0 Å². The number of amides is 1. The molecular weight excluding hydrogens is 378 g/mol. The fraction of sp³-hybridized carbons (Fsp3) is 0.450. The Kier molecular flexibility index (Phi) is 6.44. The zero-order valence-electron chi connectivity index (χ0n) is 15.9. The molecule has 0 saturated heterocycles. The van der Waals surface area contributed by atoms with E-state index in [2.05, 4.69) is 24.1 Å². The van der Waals surface area contributed by atoms with Crippen molar-refractivity contribution < 1.29 is 4.79 Å². The molecule has 1 atom stereocenters. The Balaban J connectivity index is 1.72. The molecule has 7 heteroatoms. The maximum atomic E-state index is 12.9. The number of carbonyl (C=O) groups excluding carboxylic acids is 1. The standard InChI is InChI=1S/C20H25N3O2S2/c1-13(2)6-4-7-14(3)22-17(24)10-23-12-21-19-18(20(23)25)15(11-27-19)16-8-5-9-26-16/h5,8-9,11-14H,4,6-7,10H2,1-3H3,(H,22,24). The molecule has 0 spiro atoms. The summed E-state index contributed by atoms with van der Waals surface area (Å²) in [6.45, 7) is 6.41. The van der Waals surface area contributed by atoms with E-state index in [1.807, 2.05) is 29.8 Å². The fourth-order valence-electron chi connectivity index (χ4n) is 3.07. The highest BCUT2D eigenvalue weighted by Crippen LogP contribution is 2.33. The molecule has 0 aliphatic rings. The van der Waals surface area contributed by atoms with E-state index in [1.165, 1.54) is 22.2 Å². The highest BCUT2D eigenvalue weighted by atomic mass is 32.1. The Morgan fingerprint density at radius 3 is 2.78 bits per heavy atom. The lowest BCUT2D eigenvalue weighted by Gasteiger charge is -2.15. The van der Waals surface area contributed by atoms with Crippen LogP contribution in [0, 0.1) is 5.92 Å². The molecule has 1 N–H and O–H groups in total. The van der Waals surface area contributed by atoms with Gasteiger partial charge in [0.1, 0.15) is 11.4 Å². The average molecular weight is 404 g/mol. The molecule has 3 heterocycles. The second-order valence-electron chi connectivity index (χ2n) is 7.28. The van der Waals surface area contributed by atoms with Crippen LogP contribution in [-0.2, 0) is 11.3 Å². The Morgan fingerprint density at radius 2 is 2.07 bits per heavy atom. The van der Waals surface area contributed by atoms with Crippen molar-refractivity contribution in [3.05, 3.63) is 39.6 Å². The first-order chi connectivity index (χ1) is 13.0. The third kappa shape index (κ3) is 4.84. The van der Waals surface area contributed by atoms with Gasteiger partial charge < -0.3 is 5.32 Å². The van der Waals surface area contributed by atoms with Crippen molar-refractivity contribution >= 4 is 38.8 Å². The van der Waals surface area contributed by atoms with E-state index in [0.717, 1.165) is 29.7 Å². The van der Waals surface area contributed by atoms with E-state index < -0.39 is 0 Å². The normalized spacial score (nSPS) is 12.6. The zero-order chi connectivity index (χ0) is 19.4. The van der Waals surface area contributed by atoms with E-state index in [0.29, 0.717) is 16.1 Å². The average Bonchev–Trinajstić information content (AvgIpc) is 3.26. The van der Waals surface area contributed by atoms with Crippen LogP contribution in [0.3, 0.4) is 0 Å². The van der Waals surface area contributed by atoms with Gasteiger partial charge in [-0.25, -0.2) is 4.98 Å². The molecule has 0 radical (unpaired) electrons. The molecule has 1 unspecified atom stereocenters. The maximum Gasteiger partial charge on any atom is 0.263 e. The van der Waals surface area contributed by atoms with Crippen LogP contribution < -0.4 is 10.9 Å². The van der Waals surface area contributed by atoms with Gasteiger partial charge in [-0.2, -0.15) is 0 Å². The Hall–Kier alpha value is -1.99. The lowest BCUT2D eigenvalue weighted by Crippen LogP contribution is -2.37. The summed E-state index contributed by atoms with van der Waals surface area (Å²) in [5.41, 5.74) is 0.742. The molecule has 3 rings (SSSR count). The second-order valence-corrected chi connectivity index (χ2v) is 9.08. The van der Waals surface area contributed by atoms with Crippen molar-refractivity contribution in [1.29, 1.82) is 0 Å². The number of aromatic nitrogens is 2. The number of thiophene rings is 2. The van der Waals surface area contributed by atoms with Crippen LogP contribution in [0.1, 0.15) is 40.0 Å². The summed E-state index contributed by atoms with van der Waals surface area (Å²) in [6.07, 6.45) is 4.67. The fourth-order valence-corrected chi connectivity index (χ4v) is 4.79. The Morgan fingerprint density at radius 1 is 1.26 bits per heavy atom. The molecule has 0 bridgehead atoms. The van der Waals surface area contributed by atoms with Crippen LogP contribution >= 0.6 is 22.7 Å². The van der Waals surface area contributed by atoms with Gasteiger partial charge in [-0.05, 0) is 30.7 Å². The highest BCUT2D eigenvalue weighted by Gasteiger charge is 2.16. The topological polar surface area (TPSA) is 64.0 Å². The van der Waals surface area contributed by atoms with Crippen LogP contribution in [0.15, 0.2) is 34.0 Å². The first-order valence-corrected chi connectivity index (χ1v) is 11.0. The summed E-state index contributed by atoms with van der Waals surface area (Å²) in [7, 11) is 0. The summed E-state index contributed by atoms with van der Waals surface area (Å²) in [5.74, 6) is 0.524. The molecular formula is C20H25N3O2S2. The molecule has 0 aliphatic heterocycles. The van der Waals surface area contributed by atoms with Gasteiger partial charge in [-0.15, -0.1) is 22.7 Å². The molecule has 3 aromatic rings. The van der Waals surface area contributed by atoms with Crippen molar-refractivity contribution in [3.63, 3.8) is 0 Å².